The number of allylic oxidation sites excluding steroid dienone is 2. The van der Waals surface area contributed by atoms with E-state index >= 15 is 0 Å². The van der Waals surface area contributed by atoms with Gasteiger partial charge in [-0.2, -0.15) is 0 Å². The van der Waals surface area contributed by atoms with E-state index < -0.39 is 6.10 Å². The predicted molar refractivity (Wildman–Crippen MR) is 80.3 cm³/mol. The maximum Gasteiger partial charge on any atom is 0.226 e. The summed E-state index contributed by atoms with van der Waals surface area (Å²) >= 11 is 0. The molecule has 1 atom stereocenters. The summed E-state index contributed by atoms with van der Waals surface area (Å²) in [6, 6.07) is 7.82. The molecule has 1 aromatic rings. The molecule has 0 saturated carbocycles. The van der Waals surface area contributed by atoms with E-state index in [0.29, 0.717) is 13.1 Å². The summed E-state index contributed by atoms with van der Waals surface area (Å²) < 4.78 is 0. The van der Waals surface area contributed by atoms with Crippen molar-refractivity contribution < 1.29 is 9.90 Å². The fourth-order valence-electron chi connectivity index (χ4n) is 2.55. The minimum Gasteiger partial charge on any atom is -0.387 e. The Morgan fingerprint density at radius 3 is 2.45 bits per heavy atom. The van der Waals surface area contributed by atoms with Crippen LogP contribution in [0.5, 0.6) is 0 Å². The van der Waals surface area contributed by atoms with Gasteiger partial charge in [-0.1, -0.05) is 42.0 Å². The standard InChI is InChI=1S/C17H23NO2/c1-3-18(17(20)15-6-4-5-7-15)12-16(19)14-10-8-13(2)9-11-14/h4-5,8-11,15-16,19H,3,6-7,12H2,1-2H3/t16-/m1/s1. The molecular weight excluding hydrogens is 250 g/mol. The minimum atomic E-state index is -0.617. The van der Waals surface area contributed by atoms with Gasteiger partial charge in [-0.3, -0.25) is 4.79 Å². The van der Waals surface area contributed by atoms with Crippen LogP contribution in [0.15, 0.2) is 36.4 Å². The molecule has 0 spiro atoms. The zero-order valence-corrected chi connectivity index (χ0v) is 12.2. The van der Waals surface area contributed by atoms with E-state index in [-0.39, 0.29) is 11.8 Å². The summed E-state index contributed by atoms with van der Waals surface area (Å²) in [6.07, 6.45) is 5.17. The molecule has 108 valence electrons. The molecule has 0 unspecified atom stereocenters. The highest BCUT2D eigenvalue weighted by Gasteiger charge is 2.25. The summed E-state index contributed by atoms with van der Waals surface area (Å²) in [5.41, 5.74) is 2.04. The van der Waals surface area contributed by atoms with Crippen LogP contribution in [0.25, 0.3) is 0 Å². The first-order valence-electron chi connectivity index (χ1n) is 7.30. The first kappa shape index (κ1) is 14.8. The highest BCUT2D eigenvalue weighted by Crippen LogP contribution is 2.22. The van der Waals surface area contributed by atoms with Crippen LogP contribution in [0.3, 0.4) is 0 Å². The maximum absolute atomic E-state index is 12.4. The lowest BCUT2D eigenvalue weighted by Gasteiger charge is -2.26. The minimum absolute atomic E-state index is 0.0696. The molecular formula is C17H23NO2. The normalized spacial score (nSPS) is 16.4. The van der Waals surface area contributed by atoms with Gasteiger partial charge < -0.3 is 10.0 Å². The molecule has 1 aliphatic carbocycles. The number of likely N-dealkylation sites (N-methyl/N-ethyl adjacent to an activating group) is 1. The maximum atomic E-state index is 12.4. The Morgan fingerprint density at radius 1 is 1.30 bits per heavy atom. The Kier molecular flexibility index (Phi) is 4.96. The number of benzene rings is 1. The van der Waals surface area contributed by atoms with Crippen molar-refractivity contribution in [2.75, 3.05) is 13.1 Å². The topological polar surface area (TPSA) is 40.5 Å². The summed E-state index contributed by atoms with van der Waals surface area (Å²) in [7, 11) is 0. The molecule has 1 aliphatic rings. The van der Waals surface area contributed by atoms with Crippen LogP contribution in [0, 0.1) is 12.8 Å². The van der Waals surface area contributed by atoms with Crippen molar-refractivity contribution in [3.05, 3.63) is 47.5 Å². The van der Waals surface area contributed by atoms with Crippen molar-refractivity contribution in [1.29, 1.82) is 0 Å². The van der Waals surface area contributed by atoms with E-state index in [9.17, 15) is 9.90 Å². The van der Waals surface area contributed by atoms with Crippen LogP contribution in [-0.4, -0.2) is 29.0 Å². The van der Waals surface area contributed by atoms with Gasteiger partial charge in [0.25, 0.3) is 0 Å². The third-order valence-electron chi connectivity index (χ3n) is 3.91. The van der Waals surface area contributed by atoms with Crippen molar-refractivity contribution in [2.45, 2.75) is 32.8 Å². The Labute approximate surface area is 120 Å². The van der Waals surface area contributed by atoms with E-state index in [1.165, 1.54) is 5.56 Å². The van der Waals surface area contributed by atoms with Crippen molar-refractivity contribution in [1.82, 2.24) is 4.90 Å². The van der Waals surface area contributed by atoms with E-state index in [1.807, 2.05) is 38.1 Å². The highest BCUT2D eigenvalue weighted by atomic mass is 16.3. The second kappa shape index (κ2) is 6.71. The average molecular weight is 273 g/mol. The van der Waals surface area contributed by atoms with Crippen molar-refractivity contribution >= 4 is 5.91 Å². The molecule has 2 rings (SSSR count). The smallest absolute Gasteiger partial charge is 0.226 e. The molecule has 0 fully saturated rings. The third-order valence-corrected chi connectivity index (χ3v) is 3.91. The third kappa shape index (κ3) is 3.48. The number of hydrogen-bond acceptors (Lipinski definition) is 2. The van der Waals surface area contributed by atoms with Gasteiger partial charge in [-0.05, 0) is 32.3 Å². The van der Waals surface area contributed by atoms with Gasteiger partial charge in [0.2, 0.25) is 5.91 Å². The quantitative estimate of drug-likeness (QED) is 0.838. The van der Waals surface area contributed by atoms with Gasteiger partial charge in [0, 0.05) is 12.5 Å². The number of hydrogen-bond donors (Lipinski definition) is 1. The molecule has 1 aromatic carbocycles. The molecule has 3 heteroatoms. The lowest BCUT2D eigenvalue weighted by atomic mass is 10.0. The number of rotatable bonds is 5. The molecule has 20 heavy (non-hydrogen) atoms. The fraction of sp³-hybridized carbons (Fsp3) is 0.471. The predicted octanol–water partition coefficient (Wildman–Crippen LogP) is 2.84. The van der Waals surface area contributed by atoms with Crippen LogP contribution >= 0.6 is 0 Å². The number of aliphatic hydroxyl groups excluding tert-OH is 1. The lowest BCUT2D eigenvalue weighted by molar-refractivity contribution is -0.136. The van der Waals surface area contributed by atoms with E-state index in [1.54, 1.807) is 4.90 Å². The van der Waals surface area contributed by atoms with E-state index in [0.717, 1.165) is 18.4 Å². The van der Waals surface area contributed by atoms with E-state index in [4.69, 9.17) is 0 Å². The van der Waals surface area contributed by atoms with E-state index in [2.05, 4.69) is 12.2 Å². The van der Waals surface area contributed by atoms with Crippen LogP contribution in [-0.2, 0) is 4.79 Å². The second-order valence-corrected chi connectivity index (χ2v) is 5.44. The number of aliphatic hydroxyl groups is 1. The van der Waals surface area contributed by atoms with Gasteiger partial charge >= 0.3 is 0 Å². The van der Waals surface area contributed by atoms with Crippen LogP contribution < -0.4 is 0 Å². The molecule has 0 saturated heterocycles. The molecule has 3 nitrogen and oxygen atoms in total. The molecule has 0 aromatic heterocycles. The number of nitrogens with zero attached hydrogens (tertiary/aromatic N) is 1. The molecule has 0 bridgehead atoms. The zero-order valence-electron chi connectivity index (χ0n) is 12.2. The zero-order chi connectivity index (χ0) is 14.5. The summed E-state index contributed by atoms with van der Waals surface area (Å²) in [4.78, 5) is 14.1. The molecule has 0 heterocycles. The van der Waals surface area contributed by atoms with Crippen LogP contribution in [0.4, 0.5) is 0 Å². The fourth-order valence-corrected chi connectivity index (χ4v) is 2.55. The largest absolute Gasteiger partial charge is 0.387 e. The monoisotopic (exact) mass is 273 g/mol. The van der Waals surface area contributed by atoms with Crippen LogP contribution in [0.1, 0.15) is 37.0 Å². The van der Waals surface area contributed by atoms with Gasteiger partial charge in [0.15, 0.2) is 0 Å². The van der Waals surface area contributed by atoms with Gasteiger partial charge in [0.1, 0.15) is 0 Å². The van der Waals surface area contributed by atoms with Gasteiger partial charge in [0.05, 0.1) is 12.6 Å². The number of carbonyl (C=O) groups is 1. The Hall–Kier alpha value is -1.61. The lowest BCUT2D eigenvalue weighted by Crippen LogP contribution is -2.38. The first-order chi connectivity index (χ1) is 9.61. The molecule has 0 aliphatic heterocycles. The van der Waals surface area contributed by atoms with Gasteiger partial charge in [-0.15, -0.1) is 0 Å². The summed E-state index contributed by atoms with van der Waals surface area (Å²) in [5, 5.41) is 10.3. The average Bonchev–Trinajstić information content (AvgIpc) is 2.98. The van der Waals surface area contributed by atoms with Crippen molar-refractivity contribution in [3.8, 4) is 0 Å². The van der Waals surface area contributed by atoms with Crippen LogP contribution in [0.2, 0.25) is 0 Å². The number of carbonyl (C=O) groups excluding carboxylic acids is 1. The van der Waals surface area contributed by atoms with Crippen molar-refractivity contribution in [3.63, 3.8) is 0 Å². The second-order valence-electron chi connectivity index (χ2n) is 5.44. The molecule has 0 radical (unpaired) electrons. The first-order valence-corrected chi connectivity index (χ1v) is 7.30. The Morgan fingerprint density at radius 2 is 1.90 bits per heavy atom. The summed E-state index contributed by atoms with van der Waals surface area (Å²) in [5.74, 6) is 0.226. The number of amides is 1. The molecule has 1 N–H and O–H groups in total. The summed E-state index contributed by atoms with van der Waals surface area (Å²) in [6.45, 7) is 4.99. The Bertz CT molecular complexity index is 470. The SMILES string of the molecule is CCN(C[C@@H](O)c1ccc(C)cc1)C(=O)C1CC=CC1. The molecule has 1 amide bonds. The number of aryl methyl sites for hydroxylation is 1. The Balaban J connectivity index is 1.98. The van der Waals surface area contributed by atoms with Crippen molar-refractivity contribution in [2.24, 2.45) is 5.92 Å². The highest BCUT2D eigenvalue weighted by molar-refractivity contribution is 5.79. The van der Waals surface area contributed by atoms with Gasteiger partial charge in [-0.25, -0.2) is 0 Å².